The Morgan fingerprint density at radius 3 is 2.62 bits per heavy atom. The lowest BCUT2D eigenvalue weighted by atomic mass is 10.1. The van der Waals surface area contributed by atoms with Crippen molar-refractivity contribution in [3.63, 3.8) is 0 Å². The average molecular weight is 270 g/mol. The first-order valence-corrected chi connectivity index (χ1v) is 5.11. The Labute approximate surface area is 100 Å². The van der Waals surface area contributed by atoms with Gasteiger partial charge in [-0.25, -0.2) is 13.8 Å². The summed E-state index contributed by atoms with van der Waals surface area (Å²) in [5, 5.41) is 8.27. The fraction of sp³-hybridized carbons (Fsp3) is 0.333. The van der Waals surface area contributed by atoms with Crippen LogP contribution < -0.4 is 0 Å². The second-order valence-electron chi connectivity index (χ2n) is 2.98. The number of carbonyl (C=O) groups is 1. The molecule has 0 amide bonds. The summed E-state index contributed by atoms with van der Waals surface area (Å²) in [4.78, 5) is 14.1. The first-order chi connectivity index (χ1) is 7.45. The van der Waals surface area contributed by atoms with Gasteiger partial charge < -0.3 is 5.11 Å². The normalized spacial score (nSPS) is 10.8. The van der Waals surface area contributed by atoms with E-state index in [1.54, 1.807) is 0 Å². The predicted octanol–water partition coefficient (Wildman–Crippen LogP) is 3.04. The fourth-order valence-corrected chi connectivity index (χ4v) is 1.55. The van der Waals surface area contributed by atoms with Gasteiger partial charge in [-0.05, 0) is 11.6 Å². The Kier molecular flexibility index (Phi) is 4.44. The van der Waals surface area contributed by atoms with E-state index >= 15 is 0 Å². The number of halogens is 4. The van der Waals surface area contributed by atoms with E-state index in [2.05, 4.69) is 4.98 Å². The molecule has 0 aliphatic rings. The van der Waals surface area contributed by atoms with Gasteiger partial charge in [0.25, 0.3) is 6.43 Å². The van der Waals surface area contributed by atoms with E-state index in [9.17, 15) is 13.6 Å². The molecule has 88 valence electrons. The Bertz CT molecular complexity index is 413. The van der Waals surface area contributed by atoms with Crippen LogP contribution in [0.1, 0.15) is 23.4 Å². The number of nitrogens with zero attached hydrogens (tertiary/aromatic N) is 1. The molecule has 1 aromatic rings. The van der Waals surface area contributed by atoms with Crippen molar-refractivity contribution in [2.75, 3.05) is 0 Å². The summed E-state index contributed by atoms with van der Waals surface area (Å²) in [7, 11) is 0. The van der Waals surface area contributed by atoms with Gasteiger partial charge in [0, 0.05) is 0 Å². The maximum atomic E-state index is 12.5. The van der Waals surface area contributed by atoms with Crippen molar-refractivity contribution in [3.8, 4) is 0 Å². The highest BCUT2D eigenvalue weighted by molar-refractivity contribution is 6.32. The fourth-order valence-electron chi connectivity index (χ4n) is 1.17. The Morgan fingerprint density at radius 1 is 1.56 bits per heavy atom. The largest absolute Gasteiger partial charge is 0.481 e. The van der Waals surface area contributed by atoms with Crippen molar-refractivity contribution in [1.29, 1.82) is 0 Å². The van der Waals surface area contributed by atoms with E-state index in [4.69, 9.17) is 28.3 Å². The summed E-state index contributed by atoms with van der Waals surface area (Å²) in [5.41, 5.74) is -0.358. The molecule has 0 radical (unpaired) electrons. The molecule has 0 unspecified atom stereocenters. The van der Waals surface area contributed by atoms with Gasteiger partial charge in [-0.3, -0.25) is 4.79 Å². The Hall–Kier alpha value is -0.940. The van der Waals surface area contributed by atoms with E-state index in [1.807, 2.05) is 0 Å². The molecule has 0 saturated heterocycles. The van der Waals surface area contributed by atoms with E-state index in [-0.39, 0.29) is 22.2 Å². The van der Waals surface area contributed by atoms with Gasteiger partial charge in [-0.1, -0.05) is 11.6 Å². The van der Waals surface area contributed by atoms with Crippen molar-refractivity contribution in [1.82, 2.24) is 4.98 Å². The van der Waals surface area contributed by atoms with Crippen LogP contribution in [-0.4, -0.2) is 16.1 Å². The standard InChI is InChI=1S/C9H7Cl2F2NO2/c10-3-5-1-4(2-6(15)16)7(11)8(14-5)9(12)13/h1,9H,2-3H2,(H,15,16). The minimum atomic E-state index is -2.86. The van der Waals surface area contributed by atoms with Crippen LogP contribution in [0.25, 0.3) is 0 Å². The smallest absolute Gasteiger partial charge is 0.307 e. The number of alkyl halides is 3. The van der Waals surface area contributed by atoms with Crippen LogP contribution in [0.2, 0.25) is 5.02 Å². The van der Waals surface area contributed by atoms with Crippen molar-refractivity contribution >= 4 is 29.2 Å². The minimum absolute atomic E-state index is 0.0799. The van der Waals surface area contributed by atoms with Crippen LogP contribution in [0.4, 0.5) is 8.78 Å². The zero-order valence-electron chi connectivity index (χ0n) is 7.88. The first kappa shape index (κ1) is 13.1. The number of pyridine rings is 1. The molecular weight excluding hydrogens is 263 g/mol. The van der Waals surface area contributed by atoms with Gasteiger partial charge in [0.15, 0.2) is 0 Å². The van der Waals surface area contributed by atoms with Crippen LogP contribution in [0.5, 0.6) is 0 Å². The molecule has 0 saturated carbocycles. The average Bonchev–Trinajstić information content (AvgIpc) is 2.19. The molecule has 0 bridgehead atoms. The summed E-state index contributed by atoms with van der Waals surface area (Å²) >= 11 is 11.1. The number of carboxylic acids is 1. The first-order valence-electron chi connectivity index (χ1n) is 4.19. The van der Waals surface area contributed by atoms with Crippen LogP contribution in [0.15, 0.2) is 6.07 Å². The molecule has 0 aliphatic heterocycles. The van der Waals surface area contributed by atoms with Crippen molar-refractivity contribution in [3.05, 3.63) is 28.0 Å². The molecule has 0 fully saturated rings. The zero-order valence-corrected chi connectivity index (χ0v) is 9.40. The highest BCUT2D eigenvalue weighted by Gasteiger charge is 2.19. The molecular formula is C9H7Cl2F2NO2. The van der Waals surface area contributed by atoms with Gasteiger partial charge in [0.1, 0.15) is 5.69 Å². The highest BCUT2D eigenvalue weighted by atomic mass is 35.5. The number of rotatable bonds is 4. The highest BCUT2D eigenvalue weighted by Crippen LogP contribution is 2.29. The van der Waals surface area contributed by atoms with Crippen LogP contribution in [0.3, 0.4) is 0 Å². The minimum Gasteiger partial charge on any atom is -0.481 e. The second kappa shape index (κ2) is 5.41. The zero-order chi connectivity index (χ0) is 12.3. The van der Waals surface area contributed by atoms with Crippen molar-refractivity contribution < 1.29 is 18.7 Å². The molecule has 1 N–H and O–H groups in total. The predicted molar refractivity (Wildman–Crippen MR) is 55.1 cm³/mol. The lowest BCUT2D eigenvalue weighted by Gasteiger charge is -2.09. The van der Waals surface area contributed by atoms with Crippen LogP contribution in [-0.2, 0) is 17.1 Å². The van der Waals surface area contributed by atoms with E-state index in [1.165, 1.54) is 6.07 Å². The van der Waals surface area contributed by atoms with Crippen molar-refractivity contribution in [2.24, 2.45) is 0 Å². The summed E-state index contributed by atoms with van der Waals surface area (Å²) in [6, 6.07) is 1.31. The quantitative estimate of drug-likeness (QED) is 0.855. The molecule has 0 atom stereocenters. The van der Waals surface area contributed by atoms with Gasteiger partial charge in [0.2, 0.25) is 0 Å². The Morgan fingerprint density at radius 2 is 2.19 bits per heavy atom. The summed E-state index contributed by atoms with van der Waals surface area (Å²) in [6.45, 7) is 0. The summed E-state index contributed by atoms with van der Waals surface area (Å²) < 4.78 is 25.0. The lowest BCUT2D eigenvalue weighted by molar-refractivity contribution is -0.136. The second-order valence-corrected chi connectivity index (χ2v) is 3.62. The van der Waals surface area contributed by atoms with E-state index in [0.29, 0.717) is 0 Å². The van der Waals surface area contributed by atoms with Gasteiger partial charge >= 0.3 is 5.97 Å². The number of aliphatic carboxylic acids is 1. The number of hydrogen-bond donors (Lipinski definition) is 1. The number of aromatic nitrogens is 1. The van der Waals surface area contributed by atoms with Gasteiger partial charge in [-0.2, -0.15) is 0 Å². The maximum absolute atomic E-state index is 12.5. The van der Waals surface area contributed by atoms with E-state index in [0.717, 1.165) is 0 Å². The van der Waals surface area contributed by atoms with E-state index < -0.39 is 24.5 Å². The molecule has 1 heterocycles. The summed E-state index contributed by atoms with van der Waals surface area (Å²) in [5.74, 6) is -1.24. The SMILES string of the molecule is O=C(O)Cc1cc(CCl)nc(C(F)F)c1Cl. The monoisotopic (exact) mass is 269 g/mol. The molecule has 16 heavy (non-hydrogen) atoms. The number of carboxylic acid groups (broad SMARTS) is 1. The molecule has 0 aliphatic carbocycles. The third kappa shape index (κ3) is 3.02. The third-order valence-electron chi connectivity index (χ3n) is 1.80. The molecule has 1 rings (SSSR count). The molecule has 1 aromatic heterocycles. The molecule has 7 heteroatoms. The third-order valence-corrected chi connectivity index (χ3v) is 2.51. The summed E-state index contributed by atoms with van der Waals surface area (Å²) in [6.07, 6.45) is -3.30. The maximum Gasteiger partial charge on any atom is 0.307 e. The lowest BCUT2D eigenvalue weighted by Crippen LogP contribution is -2.05. The van der Waals surface area contributed by atoms with Crippen LogP contribution in [0, 0.1) is 0 Å². The molecule has 3 nitrogen and oxygen atoms in total. The van der Waals surface area contributed by atoms with Gasteiger partial charge in [-0.15, -0.1) is 11.6 Å². The molecule has 0 spiro atoms. The Balaban J connectivity index is 3.25. The van der Waals surface area contributed by atoms with Gasteiger partial charge in [0.05, 0.1) is 23.0 Å². The topological polar surface area (TPSA) is 50.2 Å². The van der Waals surface area contributed by atoms with Crippen LogP contribution >= 0.6 is 23.2 Å². The number of hydrogen-bond acceptors (Lipinski definition) is 2. The van der Waals surface area contributed by atoms with Crippen molar-refractivity contribution in [2.45, 2.75) is 18.7 Å². The molecule has 0 aromatic carbocycles.